The second-order valence-corrected chi connectivity index (χ2v) is 4.44. The van der Waals surface area contributed by atoms with E-state index in [9.17, 15) is 15.0 Å². The van der Waals surface area contributed by atoms with Crippen LogP contribution in [0, 0.1) is 0 Å². The van der Waals surface area contributed by atoms with Gasteiger partial charge in [0.1, 0.15) is 29.8 Å². The summed E-state index contributed by atoms with van der Waals surface area (Å²) in [7, 11) is 1.50. The van der Waals surface area contributed by atoms with E-state index in [0.717, 1.165) is 0 Å². The van der Waals surface area contributed by atoms with Crippen LogP contribution in [0.1, 0.15) is 11.5 Å². The van der Waals surface area contributed by atoms with E-state index < -0.39 is 11.9 Å². The van der Waals surface area contributed by atoms with E-state index in [1.807, 2.05) is 0 Å². The molecular weight excluding hydrogens is 272 g/mol. The smallest absolute Gasteiger partial charge is 0.314 e. The fraction of sp³-hybridized carbons (Fsp3) is 0.188. The Morgan fingerprint density at radius 1 is 1.14 bits per heavy atom. The zero-order valence-electron chi connectivity index (χ0n) is 11.5. The number of para-hydroxylation sites is 1. The van der Waals surface area contributed by atoms with Crippen molar-refractivity contribution in [3.63, 3.8) is 0 Å². The Bertz CT molecular complexity index is 606. The van der Waals surface area contributed by atoms with Crippen molar-refractivity contribution < 1.29 is 24.5 Å². The molecule has 0 heterocycles. The number of carbonyl (C=O) groups is 1. The van der Waals surface area contributed by atoms with E-state index in [1.54, 1.807) is 36.4 Å². The van der Waals surface area contributed by atoms with Gasteiger partial charge in [0.05, 0.1) is 7.11 Å². The maximum atomic E-state index is 11.5. The fourth-order valence-electron chi connectivity index (χ4n) is 1.97. The number of hydrogen-bond donors (Lipinski definition) is 2. The van der Waals surface area contributed by atoms with Gasteiger partial charge in [-0.15, -0.1) is 0 Å². The predicted molar refractivity (Wildman–Crippen MR) is 77.0 cm³/mol. The number of hydrogen-bond acceptors (Lipinski definition) is 4. The number of aliphatic carboxylic acids is 1. The van der Waals surface area contributed by atoms with E-state index in [1.165, 1.54) is 19.2 Å². The third-order valence-electron chi connectivity index (χ3n) is 3.07. The van der Waals surface area contributed by atoms with E-state index in [4.69, 9.17) is 9.47 Å². The van der Waals surface area contributed by atoms with Crippen molar-refractivity contribution in [2.24, 2.45) is 0 Å². The third kappa shape index (κ3) is 3.66. The molecule has 2 rings (SSSR count). The van der Waals surface area contributed by atoms with E-state index >= 15 is 0 Å². The Balaban J connectivity index is 2.16. The van der Waals surface area contributed by atoms with Crippen molar-refractivity contribution in [1.82, 2.24) is 0 Å². The zero-order chi connectivity index (χ0) is 15.2. The number of methoxy groups -OCH3 is 1. The van der Waals surface area contributed by atoms with Crippen molar-refractivity contribution >= 4 is 5.97 Å². The SMILES string of the molecule is COc1ccccc1C(COc1ccc(O)cc1)C(=O)O. The molecule has 21 heavy (non-hydrogen) atoms. The minimum atomic E-state index is -0.988. The molecule has 5 heteroatoms. The standard InChI is InChI=1S/C16H16O5/c1-20-15-5-3-2-4-13(15)14(16(18)19)10-21-12-8-6-11(17)7-9-12/h2-9,14,17H,10H2,1H3,(H,18,19). The third-order valence-corrected chi connectivity index (χ3v) is 3.07. The highest BCUT2D eigenvalue weighted by Gasteiger charge is 2.24. The van der Waals surface area contributed by atoms with Crippen molar-refractivity contribution in [3.8, 4) is 17.2 Å². The van der Waals surface area contributed by atoms with Crippen molar-refractivity contribution in [2.45, 2.75) is 5.92 Å². The summed E-state index contributed by atoms with van der Waals surface area (Å²) in [5, 5.41) is 18.6. The van der Waals surface area contributed by atoms with Gasteiger partial charge in [0.25, 0.3) is 0 Å². The number of rotatable bonds is 6. The Labute approximate surface area is 122 Å². The molecule has 2 N–H and O–H groups in total. The van der Waals surface area contributed by atoms with Gasteiger partial charge >= 0.3 is 5.97 Å². The fourth-order valence-corrected chi connectivity index (χ4v) is 1.97. The lowest BCUT2D eigenvalue weighted by atomic mass is 9.99. The summed E-state index contributed by atoms with van der Waals surface area (Å²) in [5.41, 5.74) is 0.561. The van der Waals surface area contributed by atoms with Crippen molar-refractivity contribution in [2.75, 3.05) is 13.7 Å². The number of carboxylic acids is 1. The molecule has 0 aliphatic heterocycles. The maximum absolute atomic E-state index is 11.5. The first-order chi connectivity index (χ1) is 10.1. The van der Waals surface area contributed by atoms with E-state index in [-0.39, 0.29) is 12.4 Å². The first-order valence-corrected chi connectivity index (χ1v) is 6.39. The predicted octanol–water partition coefficient (Wildman–Crippen LogP) is 2.65. The van der Waals surface area contributed by atoms with Crippen LogP contribution in [0.2, 0.25) is 0 Å². The molecule has 5 nitrogen and oxygen atoms in total. The van der Waals surface area contributed by atoms with Gasteiger partial charge in [-0.2, -0.15) is 0 Å². The molecule has 0 aromatic heterocycles. The zero-order valence-corrected chi connectivity index (χ0v) is 11.5. The lowest BCUT2D eigenvalue weighted by Gasteiger charge is -2.16. The molecule has 110 valence electrons. The summed E-state index contributed by atoms with van der Waals surface area (Å²) >= 11 is 0. The largest absolute Gasteiger partial charge is 0.508 e. The molecule has 0 amide bonds. The summed E-state index contributed by atoms with van der Waals surface area (Å²) in [6.07, 6.45) is 0. The molecule has 0 fully saturated rings. The quantitative estimate of drug-likeness (QED) is 0.854. The van der Waals surface area contributed by atoms with Crippen LogP contribution in [0.15, 0.2) is 48.5 Å². The Hall–Kier alpha value is -2.69. The monoisotopic (exact) mass is 288 g/mol. The first kappa shape index (κ1) is 14.7. The summed E-state index contributed by atoms with van der Waals surface area (Å²) in [5.74, 6) is -0.691. The first-order valence-electron chi connectivity index (χ1n) is 6.39. The molecule has 0 saturated carbocycles. The minimum Gasteiger partial charge on any atom is -0.508 e. The molecule has 1 unspecified atom stereocenters. The molecule has 0 saturated heterocycles. The molecule has 0 spiro atoms. The average Bonchev–Trinajstić information content (AvgIpc) is 2.49. The number of phenols is 1. The molecule has 0 bridgehead atoms. The normalized spacial score (nSPS) is 11.7. The maximum Gasteiger partial charge on any atom is 0.314 e. The van der Waals surface area contributed by atoms with Crippen LogP contribution in [0.3, 0.4) is 0 Å². The van der Waals surface area contributed by atoms with Gasteiger partial charge in [0.15, 0.2) is 0 Å². The van der Waals surface area contributed by atoms with E-state index in [2.05, 4.69) is 0 Å². The van der Waals surface area contributed by atoms with Crippen LogP contribution < -0.4 is 9.47 Å². The lowest BCUT2D eigenvalue weighted by Crippen LogP contribution is -2.20. The van der Waals surface area contributed by atoms with Gasteiger partial charge in [-0.05, 0) is 30.3 Å². The lowest BCUT2D eigenvalue weighted by molar-refractivity contribution is -0.139. The molecule has 0 radical (unpaired) electrons. The van der Waals surface area contributed by atoms with Gasteiger partial charge < -0.3 is 19.7 Å². The number of carboxylic acid groups (broad SMARTS) is 1. The van der Waals surface area contributed by atoms with Crippen molar-refractivity contribution in [1.29, 1.82) is 0 Å². The highest BCUT2D eigenvalue weighted by molar-refractivity contribution is 5.77. The van der Waals surface area contributed by atoms with Crippen molar-refractivity contribution in [3.05, 3.63) is 54.1 Å². The molecule has 2 aromatic carbocycles. The van der Waals surface area contributed by atoms with Gasteiger partial charge in [-0.1, -0.05) is 18.2 Å². The van der Waals surface area contributed by atoms with Gasteiger partial charge in [0.2, 0.25) is 0 Å². The van der Waals surface area contributed by atoms with Gasteiger partial charge in [-0.25, -0.2) is 0 Å². The second-order valence-electron chi connectivity index (χ2n) is 4.44. The van der Waals surface area contributed by atoms with E-state index in [0.29, 0.717) is 17.1 Å². The number of aromatic hydroxyl groups is 1. The van der Waals surface area contributed by atoms with Crippen LogP contribution in [0.5, 0.6) is 17.2 Å². The van der Waals surface area contributed by atoms with Crippen LogP contribution in [-0.4, -0.2) is 29.9 Å². The van der Waals surface area contributed by atoms with Crippen LogP contribution in [0.25, 0.3) is 0 Å². The summed E-state index contributed by atoms with van der Waals surface area (Å²) in [6.45, 7) is -0.0273. The minimum absolute atomic E-state index is 0.0273. The average molecular weight is 288 g/mol. The number of benzene rings is 2. The summed E-state index contributed by atoms with van der Waals surface area (Å²) < 4.78 is 10.7. The van der Waals surface area contributed by atoms with Gasteiger partial charge in [0, 0.05) is 5.56 Å². The molecular formula is C16H16O5. The summed E-state index contributed by atoms with van der Waals surface area (Å²) in [6, 6.07) is 13.1. The van der Waals surface area contributed by atoms with Gasteiger partial charge in [-0.3, -0.25) is 4.79 Å². The number of phenolic OH excluding ortho intramolecular Hbond substituents is 1. The molecule has 2 aromatic rings. The Morgan fingerprint density at radius 3 is 2.43 bits per heavy atom. The molecule has 1 atom stereocenters. The summed E-state index contributed by atoms with van der Waals surface area (Å²) in [4.78, 5) is 11.5. The van der Waals surface area contributed by atoms with Crippen LogP contribution in [-0.2, 0) is 4.79 Å². The Morgan fingerprint density at radius 2 is 1.81 bits per heavy atom. The Kier molecular flexibility index (Phi) is 4.66. The highest BCUT2D eigenvalue weighted by Crippen LogP contribution is 2.27. The second kappa shape index (κ2) is 6.65. The van der Waals surface area contributed by atoms with Crippen LogP contribution >= 0.6 is 0 Å². The number of ether oxygens (including phenoxy) is 2. The molecule has 0 aliphatic rings. The topological polar surface area (TPSA) is 76.0 Å². The van der Waals surface area contributed by atoms with Crippen LogP contribution in [0.4, 0.5) is 0 Å². The highest BCUT2D eigenvalue weighted by atomic mass is 16.5. The molecule has 0 aliphatic carbocycles.